The number of hydrogen-bond donors (Lipinski definition) is 1. The number of pyridine rings is 1. The van der Waals surface area contributed by atoms with Crippen LogP contribution in [0.15, 0.2) is 42.6 Å². The van der Waals surface area contributed by atoms with E-state index in [1.165, 1.54) is 0 Å². The Morgan fingerprint density at radius 3 is 2.95 bits per heavy atom. The highest BCUT2D eigenvalue weighted by atomic mass is 35.5. The molecule has 0 spiro atoms. The third kappa shape index (κ3) is 2.47. The molecular weight excluding hydrogens is 276 g/mol. The highest BCUT2D eigenvalue weighted by molar-refractivity contribution is 6.27. The van der Waals surface area contributed by atoms with Gasteiger partial charge in [-0.2, -0.15) is 0 Å². The van der Waals surface area contributed by atoms with Crippen LogP contribution < -0.4 is 10.1 Å². The van der Waals surface area contributed by atoms with Crippen molar-refractivity contribution in [3.05, 3.63) is 59.4 Å². The molecule has 1 N–H and O–H groups in total. The molecule has 1 amide bonds. The van der Waals surface area contributed by atoms with E-state index in [-0.39, 0.29) is 11.8 Å². The molecule has 1 aromatic carbocycles. The first-order valence-electron chi connectivity index (χ1n) is 6.31. The maximum Gasteiger partial charge on any atom is 0.238 e. The van der Waals surface area contributed by atoms with Crippen molar-refractivity contribution in [2.24, 2.45) is 0 Å². The van der Waals surface area contributed by atoms with Crippen molar-refractivity contribution in [3.63, 3.8) is 0 Å². The van der Waals surface area contributed by atoms with Crippen LogP contribution >= 0.6 is 11.6 Å². The number of nitrogens with one attached hydrogen (secondary N) is 1. The maximum atomic E-state index is 11.6. The highest BCUT2D eigenvalue weighted by Crippen LogP contribution is 2.31. The molecule has 20 heavy (non-hydrogen) atoms. The van der Waals surface area contributed by atoms with E-state index in [1.54, 1.807) is 6.20 Å². The van der Waals surface area contributed by atoms with Gasteiger partial charge < -0.3 is 10.1 Å². The molecule has 0 bridgehead atoms. The zero-order chi connectivity index (χ0) is 13.9. The van der Waals surface area contributed by atoms with Crippen LogP contribution in [0.25, 0.3) is 0 Å². The van der Waals surface area contributed by atoms with Gasteiger partial charge in [-0.05, 0) is 23.3 Å². The monoisotopic (exact) mass is 288 g/mol. The van der Waals surface area contributed by atoms with Crippen molar-refractivity contribution in [1.82, 2.24) is 10.3 Å². The van der Waals surface area contributed by atoms with Crippen LogP contribution in [0.4, 0.5) is 0 Å². The molecule has 1 atom stereocenters. The van der Waals surface area contributed by atoms with Crippen LogP contribution in [0, 0.1) is 0 Å². The van der Waals surface area contributed by atoms with Crippen molar-refractivity contribution < 1.29 is 9.53 Å². The van der Waals surface area contributed by atoms with Crippen LogP contribution in [0.5, 0.6) is 5.75 Å². The minimum atomic E-state index is -0.610. The van der Waals surface area contributed by atoms with Gasteiger partial charge in [0.05, 0.1) is 0 Å². The second-order valence-corrected chi connectivity index (χ2v) is 4.80. The third-order valence-corrected chi connectivity index (χ3v) is 3.43. The van der Waals surface area contributed by atoms with Crippen LogP contribution in [0.2, 0.25) is 0 Å². The minimum absolute atomic E-state index is 0.107. The van der Waals surface area contributed by atoms with Crippen LogP contribution in [-0.4, -0.2) is 16.8 Å². The summed E-state index contributed by atoms with van der Waals surface area (Å²) in [5.41, 5.74) is 2.84. The van der Waals surface area contributed by atoms with E-state index in [0.29, 0.717) is 0 Å². The van der Waals surface area contributed by atoms with Crippen LogP contribution in [0.1, 0.15) is 23.0 Å². The Hall–Kier alpha value is -2.07. The number of alkyl halides is 1. The molecule has 102 valence electrons. The Bertz CT molecular complexity index is 645. The molecule has 4 nitrogen and oxygen atoms in total. The lowest BCUT2D eigenvalue weighted by atomic mass is 10.0. The number of benzene rings is 1. The number of hydrogen-bond acceptors (Lipinski definition) is 3. The molecule has 0 radical (unpaired) electrons. The Morgan fingerprint density at radius 2 is 2.10 bits per heavy atom. The van der Waals surface area contributed by atoms with Gasteiger partial charge in [0.2, 0.25) is 12.1 Å². The van der Waals surface area contributed by atoms with E-state index in [4.69, 9.17) is 16.3 Å². The number of carbonyl (C=O) groups excluding carboxylic acids is 1. The topological polar surface area (TPSA) is 51.2 Å². The summed E-state index contributed by atoms with van der Waals surface area (Å²) in [4.78, 5) is 15.9. The van der Waals surface area contributed by atoms with Gasteiger partial charge in [0.1, 0.15) is 17.3 Å². The number of carbonyl (C=O) groups is 1. The van der Waals surface area contributed by atoms with Crippen molar-refractivity contribution in [2.45, 2.75) is 12.6 Å². The number of ether oxygens (including phenoxy) is 1. The average Bonchev–Trinajstić information content (AvgIpc) is 2.63. The quantitative estimate of drug-likeness (QED) is 0.864. The van der Waals surface area contributed by atoms with Gasteiger partial charge in [0.15, 0.2) is 0 Å². The predicted octanol–water partition coefficient (Wildman–Crippen LogP) is 2.42. The van der Waals surface area contributed by atoms with E-state index >= 15 is 0 Å². The summed E-state index contributed by atoms with van der Waals surface area (Å²) in [5, 5.41) is 2.75. The van der Waals surface area contributed by atoms with Crippen molar-refractivity contribution >= 4 is 17.5 Å². The Balaban J connectivity index is 2.03. The number of fused-ring (bicyclic) bond motifs is 2. The van der Waals surface area contributed by atoms with Crippen molar-refractivity contribution in [2.75, 3.05) is 5.88 Å². The van der Waals surface area contributed by atoms with E-state index in [0.717, 1.165) is 29.0 Å². The molecule has 1 aliphatic rings. The van der Waals surface area contributed by atoms with Crippen molar-refractivity contribution in [3.8, 4) is 5.75 Å². The summed E-state index contributed by atoms with van der Waals surface area (Å²) >= 11 is 5.55. The standard InChI is InChI=1S/C15H13ClN2O2/c16-9-13(19)18-15-14-11(5-3-7-17-14)8-10-4-1-2-6-12(10)20-15/h1-7,15H,8-9H2,(H,18,19). The van der Waals surface area contributed by atoms with Gasteiger partial charge in [-0.3, -0.25) is 9.78 Å². The molecule has 0 fully saturated rings. The minimum Gasteiger partial charge on any atom is -0.464 e. The van der Waals surface area contributed by atoms with Gasteiger partial charge in [-0.15, -0.1) is 11.6 Å². The van der Waals surface area contributed by atoms with Crippen LogP contribution in [-0.2, 0) is 11.2 Å². The summed E-state index contributed by atoms with van der Waals surface area (Å²) in [5.74, 6) is 0.363. The molecule has 5 heteroatoms. The molecule has 0 aliphatic carbocycles. The molecule has 2 aromatic rings. The fourth-order valence-electron chi connectivity index (χ4n) is 2.27. The first-order valence-corrected chi connectivity index (χ1v) is 6.85. The molecule has 1 unspecified atom stereocenters. The molecule has 2 heterocycles. The number of nitrogens with zero attached hydrogens (tertiary/aromatic N) is 1. The third-order valence-electron chi connectivity index (χ3n) is 3.19. The second kappa shape index (κ2) is 5.51. The SMILES string of the molecule is O=C(CCl)NC1Oc2ccccc2Cc2cccnc21. The number of rotatable bonds is 2. The summed E-state index contributed by atoms with van der Waals surface area (Å²) in [6, 6.07) is 11.7. The Labute approximate surface area is 121 Å². The zero-order valence-corrected chi connectivity index (χ0v) is 11.4. The summed E-state index contributed by atoms with van der Waals surface area (Å²) in [7, 11) is 0. The van der Waals surface area contributed by atoms with E-state index < -0.39 is 6.23 Å². The van der Waals surface area contributed by atoms with Gasteiger partial charge >= 0.3 is 0 Å². The largest absolute Gasteiger partial charge is 0.464 e. The van der Waals surface area contributed by atoms with Gasteiger partial charge in [0, 0.05) is 12.6 Å². The number of aromatic nitrogens is 1. The molecule has 0 saturated heterocycles. The lowest BCUT2D eigenvalue weighted by Gasteiger charge is -2.19. The van der Waals surface area contributed by atoms with Gasteiger partial charge in [0.25, 0.3) is 0 Å². The van der Waals surface area contributed by atoms with Crippen molar-refractivity contribution in [1.29, 1.82) is 0 Å². The lowest BCUT2D eigenvalue weighted by Crippen LogP contribution is -2.33. The lowest BCUT2D eigenvalue weighted by molar-refractivity contribution is -0.121. The zero-order valence-electron chi connectivity index (χ0n) is 10.7. The smallest absolute Gasteiger partial charge is 0.238 e. The fraction of sp³-hybridized carbons (Fsp3) is 0.200. The summed E-state index contributed by atoms with van der Waals surface area (Å²) in [6.45, 7) is 0. The predicted molar refractivity (Wildman–Crippen MR) is 75.7 cm³/mol. The molecule has 1 aromatic heterocycles. The fourth-order valence-corrected chi connectivity index (χ4v) is 2.35. The maximum absolute atomic E-state index is 11.6. The number of amides is 1. The summed E-state index contributed by atoms with van der Waals surface area (Å²) < 4.78 is 5.90. The van der Waals surface area contributed by atoms with E-state index in [2.05, 4.69) is 10.3 Å². The Kier molecular flexibility index (Phi) is 3.56. The van der Waals surface area contributed by atoms with Gasteiger partial charge in [-0.1, -0.05) is 24.3 Å². The molecule has 0 saturated carbocycles. The molecular formula is C15H13ClN2O2. The summed E-state index contributed by atoms with van der Waals surface area (Å²) in [6.07, 6.45) is 1.81. The average molecular weight is 289 g/mol. The van der Waals surface area contributed by atoms with E-state index in [1.807, 2.05) is 36.4 Å². The number of halogens is 1. The first-order chi connectivity index (χ1) is 9.78. The van der Waals surface area contributed by atoms with E-state index in [9.17, 15) is 4.79 Å². The molecule has 3 rings (SSSR count). The Morgan fingerprint density at radius 1 is 1.30 bits per heavy atom. The van der Waals surface area contributed by atoms with Gasteiger partial charge in [-0.25, -0.2) is 0 Å². The molecule has 1 aliphatic heterocycles. The normalized spacial score (nSPS) is 16.4. The first kappa shape index (κ1) is 12.9. The van der Waals surface area contributed by atoms with Crippen LogP contribution in [0.3, 0.4) is 0 Å². The second-order valence-electron chi connectivity index (χ2n) is 4.53. The highest BCUT2D eigenvalue weighted by Gasteiger charge is 2.25. The number of para-hydroxylation sites is 1.